The van der Waals surface area contributed by atoms with Gasteiger partial charge in [-0.2, -0.15) is 11.3 Å². The van der Waals surface area contributed by atoms with E-state index in [4.69, 9.17) is 0 Å². The number of nitrogens with one attached hydrogen (secondary N) is 1. The van der Waals surface area contributed by atoms with Gasteiger partial charge >= 0.3 is 0 Å². The van der Waals surface area contributed by atoms with Gasteiger partial charge < -0.3 is 10.2 Å². The average molecular weight is 361 g/mol. The largest absolute Gasteiger partial charge is 0.343 e. The highest BCUT2D eigenvalue weighted by Gasteiger charge is 2.21. The number of thiophene rings is 1. The molecule has 0 atom stereocenters. The van der Waals surface area contributed by atoms with Gasteiger partial charge in [0.1, 0.15) is 5.82 Å². The van der Waals surface area contributed by atoms with Crippen molar-refractivity contribution in [1.29, 1.82) is 0 Å². The minimum absolute atomic E-state index is 0.0409. The maximum atomic E-state index is 12.9. The van der Waals surface area contributed by atoms with Gasteiger partial charge in [0.2, 0.25) is 5.91 Å². The van der Waals surface area contributed by atoms with Crippen LogP contribution in [0.4, 0.5) is 4.39 Å². The second-order valence-electron chi connectivity index (χ2n) is 5.98. The normalized spacial score (nSPS) is 15.2. The Morgan fingerprint density at radius 3 is 2.44 bits per heavy atom. The molecule has 1 aromatic heterocycles. The topological polar surface area (TPSA) is 52.7 Å². The second kappa shape index (κ2) is 8.22. The molecule has 3 rings (SSSR count). The van der Waals surface area contributed by atoms with Gasteiger partial charge in [-0.1, -0.05) is 0 Å². The zero-order valence-corrected chi connectivity index (χ0v) is 14.6. The molecule has 5 nitrogen and oxygen atoms in total. The molecule has 25 heavy (non-hydrogen) atoms. The molecule has 2 aromatic rings. The minimum Gasteiger partial charge on any atom is -0.343 e. The number of nitrogens with zero attached hydrogens (tertiary/aromatic N) is 2. The van der Waals surface area contributed by atoms with Gasteiger partial charge in [0.05, 0.1) is 6.54 Å². The summed E-state index contributed by atoms with van der Waals surface area (Å²) in [5.41, 5.74) is 1.64. The van der Waals surface area contributed by atoms with Crippen LogP contribution in [0.1, 0.15) is 15.9 Å². The zero-order valence-electron chi connectivity index (χ0n) is 13.8. The number of rotatable bonds is 5. The van der Waals surface area contributed by atoms with Crippen LogP contribution in [0, 0.1) is 5.82 Å². The van der Waals surface area contributed by atoms with Gasteiger partial charge in [0, 0.05) is 38.3 Å². The van der Waals surface area contributed by atoms with Crippen molar-refractivity contribution in [3.05, 3.63) is 58.0 Å². The van der Waals surface area contributed by atoms with E-state index in [1.54, 1.807) is 16.2 Å². The van der Waals surface area contributed by atoms with E-state index in [9.17, 15) is 14.0 Å². The van der Waals surface area contributed by atoms with Crippen molar-refractivity contribution >= 4 is 23.2 Å². The molecular formula is C18H20FN3O2S. The van der Waals surface area contributed by atoms with Crippen LogP contribution in [0.25, 0.3) is 0 Å². The molecule has 1 fully saturated rings. The Morgan fingerprint density at radius 2 is 1.80 bits per heavy atom. The lowest BCUT2D eigenvalue weighted by atomic mass is 10.2. The molecule has 1 aliphatic rings. The fourth-order valence-electron chi connectivity index (χ4n) is 2.77. The molecule has 0 aliphatic carbocycles. The van der Waals surface area contributed by atoms with E-state index >= 15 is 0 Å². The van der Waals surface area contributed by atoms with Crippen molar-refractivity contribution in [3.8, 4) is 0 Å². The highest BCUT2D eigenvalue weighted by Crippen LogP contribution is 2.11. The smallest absolute Gasteiger partial charge is 0.251 e. The van der Waals surface area contributed by atoms with Gasteiger partial charge in [-0.15, -0.1) is 0 Å². The molecule has 1 aromatic carbocycles. The van der Waals surface area contributed by atoms with E-state index in [2.05, 4.69) is 27.0 Å². The SMILES string of the molecule is O=C(NCC(=O)N1CCN(Cc2ccsc2)CC1)c1ccc(F)cc1. The van der Waals surface area contributed by atoms with E-state index in [1.165, 1.54) is 29.8 Å². The lowest BCUT2D eigenvalue weighted by Gasteiger charge is -2.34. The Labute approximate surface area is 150 Å². The second-order valence-corrected chi connectivity index (χ2v) is 6.76. The molecule has 0 spiro atoms. The Hall–Kier alpha value is -2.25. The molecule has 1 saturated heterocycles. The van der Waals surface area contributed by atoms with Crippen LogP contribution in [-0.2, 0) is 11.3 Å². The third-order valence-corrected chi connectivity index (χ3v) is 4.95. The number of piperazine rings is 1. The van der Waals surface area contributed by atoms with Crippen LogP contribution in [0.15, 0.2) is 41.1 Å². The summed E-state index contributed by atoms with van der Waals surface area (Å²) in [6.45, 7) is 3.85. The van der Waals surface area contributed by atoms with E-state index in [1.807, 2.05) is 0 Å². The number of carbonyl (C=O) groups excluding carboxylic acids is 2. The molecule has 0 saturated carbocycles. The molecule has 7 heteroatoms. The van der Waals surface area contributed by atoms with Crippen LogP contribution < -0.4 is 5.32 Å². The number of hydrogen-bond acceptors (Lipinski definition) is 4. The number of carbonyl (C=O) groups is 2. The Bertz CT molecular complexity index is 710. The van der Waals surface area contributed by atoms with E-state index in [-0.39, 0.29) is 18.4 Å². The van der Waals surface area contributed by atoms with E-state index in [0.717, 1.165) is 19.6 Å². The highest BCUT2D eigenvalue weighted by atomic mass is 32.1. The summed E-state index contributed by atoms with van der Waals surface area (Å²) < 4.78 is 12.9. The zero-order chi connectivity index (χ0) is 17.6. The Kier molecular flexibility index (Phi) is 5.78. The number of benzene rings is 1. The third-order valence-electron chi connectivity index (χ3n) is 4.22. The summed E-state index contributed by atoms with van der Waals surface area (Å²) in [6, 6.07) is 7.37. The van der Waals surface area contributed by atoms with Crippen molar-refractivity contribution in [1.82, 2.24) is 15.1 Å². The molecule has 0 radical (unpaired) electrons. The summed E-state index contributed by atoms with van der Waals surface area (Å²) in [5, 5.41) is 6.81. The molecule has 2 amide bonds. The van der Waals surface area contributed by atoms with Crippen molar-refractivity contribution in [2.24, 2.45) is 0 Å². The lowest BCUT2D eigenvalue weighted by molar-refractivity contribution is -0.131. The predicted molar refractivity (Wildman–Crippen MR) is 94.9 cm³/mol. The van der Waals surface area contributed by atoms with Gasteiger partial charge in [0.25, 0.3) is 5.91 Å². The third kappa shape index (κ3) is 4.87. The first kappa shape index (κ1) is 17.6. The quantitative estimate of drug-likeness (QED) is 0.886. The van der Waals surface area contributed by atoms with E-state index < -0.39 is 5.82 Å². The molecule has 1 aliphatic heterocycles. The van der Waals surface area contributed by atoms with Crippen molar-refractivity contribution in [2.45, 2.75) is 6.54 Å². The Balaban J connectivity index is 1.42. The average Bonchev–Trinajstić information content (AvgIpc) is 3.13. The van der Waals surface area contributed by atoms with Crippen molar-refractivity contribution in [3.63, 3.8) is 0 Å². The maximum absolute atomic E-state index is 12.9. The number of amides is 2. The van der Waals surface area contributed by atoms with Crippen LogP contribution in [0.2, 0.25) is 0 Å². The number of halogens is 1. The standard InChI is InChI=1S/C18H20FN3O2S/c19-16-3-1-15(2-4-16)18(24)20-11-17(23)22-8-6-21(7-9-22)12-14-5-10-25-13-14/h1-5,10,13H,6-9,11-12H2,(H,20,24). The van der Waals surface area contributed by atoms with Crippen LogP contribution >= 0.6 is 11.3 Å². The first-order valence-corrected chi connectivity index (χ1v) is 9.11. The van der Waals surface area contributed by atoms with Crippen molar-refractivity contribution < 1.29 is 14.0 Å². The van der Waals surface area contributed by atoms with Gasteiger partial charge in [-0.05, 0) is 46.7 Å². The summed E-state index contributed by atoms with van der Waals surface area (Å²) in [6.07, 6.45) is 0. The molecular weight excluding hydrogens is 341 g/mol. The molecule has 0 bridgehead atoms. The first-order chi connectivity index (χ1) is 12.1. The lowest BCUT2D eigenvalue weighted by Crippen LogP contribution is -2.50. The number of hydrogen-bond donors (Lipinski definition) is 1. The fourth-order valence-corrected chi connectivity index (χ4v) is 3.43. The maximum Gasteiger partial charge on any atom is 0.251 e. The summed E-state index contributed by atoms with van der Waals surface area (Å²) in [7, 11) is 0. The monoisotopic (exact) mass is 361 g/mol. The molecule has 1 N–H and O–H groups in total. The van der Waals surface area contributed by atoms with Crippen LogP contribution in [-0.4, -0.2) is 54.3 Å². The van der Waals surface area contributed by atoms with Crippen molar-refractivity contribution in [2.75, 3.05) is 32.7 Å². The first-order valence-electron chi connectivity index (χ1n) is 8.17. The summed E-state index contributed by atoms with van der Waals surface area (Å²) in [4.78, 5) is 28.3. The highest BCUT2D eigenvalue weighted by molar-refractivity contribution is 7.07. The summed E-state index contributed by atoms with van der Waals surface area (Å²) >= 11 is 1.69. The molecule has 2 heterocycles. The van der Waals surface area contributed by atoms with Crippen LogP contribution in [0.3, 0.4) is 0 Å². The minimum atomic E-state index is -0.395. The van der Waals surface area contributed by atoms with Gasteiger partial charge in [0.15, 0.2) is 0 Å². The summed E-state index contributed by atoms with van der Waals surface area (Å²) in [5.74, 6) is -0.858. The van der Waals surface area contributed by atoms with Gasteiger partial charge in [-0.3, -0.25) is 14.5 Å². The van der Waals surface area contributed by atoms with Crippen LogP contribution in [0.5, 0.6) is 0 Å². The predicted octanol–water partition coefficient (Wildman–Crippen LogP) is 1.96. The molecule has 0 unspecified atom stereocenters. The molecule has 132 valence electrons. The van der Waals surface area contributed by atoms with Gasteiger partial charge in [-0.25, -0.2) is 4.39 Å². The van der Waals surface area contributed by atoms with E-state index in [0.29, 0.717) is 18.7 Å². The Morgan fingerprint density at radius 1 is 1.08 bits per heavy atom. The fraction of sp³-hybridized carbons (Fsp3) is 0.333.